The van der Waals surface area contributed by atoms with Gasteiger partial charge in [-0.2, -0.15) is 0 Å². The van der Waals surface area contributed by atoms with Crippen LogP contribution >= 0.6 is 0 Å². The summed E-state index contributed by atoms with van der Waals surface area (Å²) in [4.78, 5) is 11.5. The maximum atomic E-state index is 13.2. The molecule has 0 aliphatic carbocycles. The van der Waals surface area contributed by atoms with Gasteiger partial charge in [-0.15, -0.1) is 0 Å². The van der Waals surface area contributed by atoms with Crippen LogP contribution in [0.4, 0.5) is 4.39 Å². The molecule has 0 saturated carbocycles. The average molecular weight is 260 g/mol. The minimum absolute atomic E-state index is 0.0631. The summed E-state index contributed by atoms with van der Waals surface area (Å²) in [6, 6.07) is 5.57. The Morgan fingerprint density at radius 3 is 2.53 bits per heavy atom. The number of nitrogens with one attached hydrogen (secondary N) is 2. The second kappa shape index (κ2) is 5.74. The predicted molar refractivity (Wildman–Crippen MR) is 61.6 cm³/mol. The number of hydrogen-bond acceptors (Lipinski definition) is 3. The number of sulfonamides is 1. The Kier molecular flexibility index (Phi) is 4.59. The van der Waals surface area contributed by atoms with Gasteiger partial charge in [-0.3, -0.25) is 4.79 Å². The lowest BCUT2D eigenvalue weighted by atomic mass is 10.2. The standard InChI is InChI=1S/C10H13FN2O3S/c1-17(15,16)13-7-6-12-10(14)8-4-2-3-5-9(8)11/h2-5,13H,6-7H2,1H3,(H,12,14). The third-order valence-corrected chi connectivity index (χ3v) is 2.62. The molecular weight excluding hydrogens is 247 g/mol. The summed E-state index contributed by atoms with van der Waals surface area (Å²) in [5.41, 5.74) is -0.0631. The number of rotatable bonds is 5. The van der Waals surface area contributed by atoms with Gasteiger partial charge in [-0.05, 0) is 12.1 Å². The minimum Gasteiger partial charge on any atom is -0.351 e. The van der Waals surface area contributed by atoms with Crippen LogP contribution in [-0.4, -0.2) is 33.7 Å². The van der Waals surface area contributed by atoms with Crippen molar-refractivity contribution in [2.75, 3.05) is 19.3 Å². The maximum absolute atomic E-state index is 13.2. The van der Waals surface area contributed by atoms with Gasteiger partial charge < -0.3 is 5.32 Å². The highest BCUT2D eigenvalue weighted by Crippen LogP contribution is 2.05. The van der Waals surface area contributed by atoms with Crippen molar-refractivity contribution in [1.82, 2.24) is 10.0 Å². The molecule has 1 rings (SSSR count). The zero-order chi connectivity index (χ0) is 12.9. The Labute approximate surface area is 99.1 Å². The maximum Gasteiger partial charge on any atom is 0.254 e. The topological polar surface area (TPSA) is 75.3 Å². The van der Waals surface area contributed by atoms with E-state index in [2.05, 4.69) is 10.0 Å². The van der Waals surface area contributed by atoms with E-state index in [0.29, 0.717) is 0 Å². The third kappa shape index (κ3) is 4.92. The van der Waals surface area contributed by atoms with Gasteiger partial charge in [-0.1, -0.05) is 12.1 Å². The molecule has 17 heavy (non-hydrogen) atoms. The molecule has 0 spiro atoms. The van der Waals surface area contributed by atoms with Gasteiger partial charge in [-0.25, -0.2) is 17.5 Å². The van der Waals surface area contributed by atoms with Crippen LogP contribution in [0.3, 0.4) is 0 Å². The summed E-state index contributed by atoms with van der Waals surface area (Å²) in [5, 5.41) is 2.41. The van der Waals surface area contributed by atoms with Gasteiger partial charge >= 0.3 is 0 Å². The quantitative estimate of drug-likeness (QED) is 0.738. The van der Waals surface area contributed by atoms with Crippen molar-refractivity contribution in [2.24, 2.45) is 0 Å². The van der Waals surface area contributed by atoms with E-state index in [1.165, 1.54) is 18.2 Å². The second-order valence-electron chi connectivity index (χ2n) is 3.40. The van der Waals surface area contributed by atoms with Crippen molar-refractivity contribution in [3.63, 3.8) is 0 Å². The van der Waals surface area contributed by atoms with Gasteiger partial charge in [0.05, 0.1) is 11.8 Å². The van der Waals surface area contributed by atoms with Crippen LogP contribution in [0.5, 0.6) is 0 Å². The van der Waals surface area contributed by atoms with Crippen LogP contribution in [0.1, 0.15) is 10.4 Å². The van der Waals surface area contributed by atoms with E-state index in [-0.39, 0.29) is 18.7 Å². The number of amides is 1. The molecular formula is C10H13FN2O3S. The molecule has 0 bridgehead atoms. The molecule has 0 heterocycles. The van der Waals surface area contributed by atoms with Crippen LogP contribution in [-0.2, 0) is 10.0 Å². The Balaban J connectivity index is 2.44. The molecule has 5 nitrogen and oxygen atoms in total. The molecule has 1 aromatic carbocycles. The zero-order valence-corrected chi connectivity index (χ0v) is 10.1. The smallest absolute Gasteiger partial charge is 0.254 e. The molecule has 0 aromatic heterocycles. The molecule has 0 unspecified atom stereocenters. The van der Waals surface area contributed by atoms with Crippen LogP contribution in [0.25, 0.3) is 0 Å². The van der Waals surface area contributed by atoms with Gasteiger partial charge in [0.15, 0.2) is 0 Å². The van der Waals surface area contributed by atoms with Crippen molar-refractivity contribution in [2.45, 2.75) is 0 Å². The van der Waals surface area contributed by atoms with Crippen LogP contribution in [0, 0.1) is 5.82 Å². The lowest BCUT2D eigenvalue weighted by Crippen LogP contribution is -2.34. The number of carbonyl (C=O) groups excluding carboxylic acids is 1. The second-order valence-corrected chi connectivity index (χ2v) is 5.24. The molecule has 7 heteroatoms. The number of benzene rings is 1. The van der Waals surface area contributed by atoms with Crippen molar-refractivity contribution in [3.05, 3.63) is 35.6 Å². The van der Waals surface area contributed by atoms with Crippen molar-refractivity contribution in [1.29, 1.82) is 0 Å². The first kappa shape index (κ1) is 13.6. The van der Waals surface area contributed by atoms with E-state index in [0.717, 1.165) is 6.26 Å². The largest absolute Gasteiger partial charge is 0.351 e. The molecule has 2 N–H and O–H groups in total. The molecule has 0 saturated heterocycles. The molecule has 0 fully saturated rings. The fourth-order valence-electron chi connectivity index (χ4n) is 1.15. The number of hydrogen-bond donors (Lipinski definition) is 2. The van der Waals surface area contributed by atoms with E-state index in [1.807, 2.05) is 0 Å². The fraction of sp³-hybridized carbons (Fsp3) is 0.300. The SMILES string of the molecule is CS(=O)(=O)NCCNC(=O)c1ccccc1F. The molecule has 94 valence electrons. The van der Waals surface area contributed by atoms with E-state index in [9.17, 15) is 17.6 Å². The average Bonchev–Trinajstić information content (AvgIpc) is 2.23. The lowest BCUT2D eigenvalue weighted by Gasteiger charge is -2.06. The normalized spacial score (nSPS) is 11.2. The fourth-order valence-corrected chi connectivity index (χ4v) is 1.63. The van der Waals surface area contributed by atoms with Gasteiger partial charge in [0.1, 0.15) is 5.82 Å². The van der Waals surface area contributed by atoms with E-state index in [1.54, 1.807) is 6.07 Å². The summed E-state index contributed by atoms with van der Waals surface area (Å²) in [7, 11) is -3.27. The summed E-state index contributed by atoms with van der Waals surface area (Å²) in [5.74, 6) is -1.18. The molecule has 0 atom stereocenters. The van der Waals surface area contributed by atoms with E-state index >= 15 is 0 Å². The first-order valence-electron chi connectivity index (χ1n) is 4.87. The van der Waals surface area contributed by atoms with Crippen LogP contribution in [0.15, 0.2) is 24.3 Å². The van der Waals surface area contributed by atoms with E-state index in [4.69, 9.17) is 0 Å². The van der Waals surface area contributed by atoms with Gasteiger partial charge in [0.2, 0.25) is 10.0 Å². The number of halogens is 1. The first-order chi connectivity index (χ1) is 7.90. The summed E-state index contributed by atoms with van der Waals surface area (Å²) < 4.78 is 36.8. The predicted octanol–water partition coefficient (Wildman–Crippen LogP) is 0.105. The van der Waals surface area contributed by atoms with Gasteiger partial charge in [0, 0.05) is 13.1 Å². The van der Waals surface area contributed by atoms with Crippen molar-refractivity contribution in [3.8, 4) is 0 Å². The van der Waals surface area contributed by atoms with Gasteiger partial charge in [0.25, 0.3) is 5.91 Å². The Morgan fingerprint density at radius 2 is 1.94 bits per heavy atom. The molecule has 1 aromatic rings. The van der Waals surface area contributed by atoms with Crippen LogP contribution < -0.4 is 10.0 Å². The van der Waals surface area contributed by atoms with Crippen molar-refractivity contribution < 1.29 is 17.6 Å². The zero-order valence-electron chi connectivity index (χ0n) is 9.23. The highest BCUT2D eigenvalue weighted by molar-refractivity contribution is 7.88. The molecule has 0 radical (unpaired) electrons. The Bertz CT molecular complexity index is 502. The highest BCUT2D eigenvalue weighted by atomic mass is 32.2. The molecule has 0 aliphatic heterocycles. The monoisotopic (exact) mass is 260 g/mol. The van der Waals surface area contributed by atoms with Crippen molar-refractivity contribution >= 4 is 15.9 Å². The van der Waals surface area contributed by atoms with E-state index < -0.39 is 21.7 Å². The first-order valence-corrected chi connectivity index (χ1v) is 6.76. The summed E-state index contributed by atoms with van der Waals surface area (Å²) >= 11 is 0. The Hall–Kier alpha value is -1.47. The highest BCUT2D eigenvalue weighted by Gasteiger charge is 2.09. The lowest BCUT2D eigenvalue weighted by molar-refractivity contribution is 0.0950. The number of carbonyl (C=O) groups is 1. The summed E-state index contributed by atoms with van der Waals surface area (Å²) in [6.07, 6.45) is 1.02. The van der Waals surface area contributed by atoms with Crippen LogP contribution in [0.2, 0.25) is 0 Å². The third-order valence-electron chi connectivity index (χ3n) is 1.89. The molecule has 0 aliphatic rings. The molecule has 1 amide bonds. The summed E-state index contributed by atoms with van der Waals surface area (Å²) in [6.45, 7) is 0.166. The minimum atomic E-state index is -3.27. The Morgan fingerprint density at radius 1 is 1.29 bits per heavy atom.